The minimum absolute atomic E-state index is 0.132. The summed E-state index contributed by atoms with van der Waals surface area (Å²) in [6, 6.07) is 0. The van der Waals surface area contributed by atoms with Crippen molar-refractivity contribution >= 4 is 0 Å². The van der Waals surface area contributed by atoms with Crippen LogP contribution >= 0.6 is 0 Å². The van der Waals surface area contributed by atoms with Gasteiger partial charge < -0.3 is 19.7 Å². The maximum absolute atomic E-state index is 11.4. The van der Waals surface area contributed by atoms with Gasteiger partial charge in [0.15, 0.2) is 5.79 Å². The van der Waals surface area contributed by atoms with Gasteiger partial charge in [0.2, 0.25) is 0 Å². The average molecular weight is 389 g/mol. The first kappa shape index (κ1) is 19.4. The van der Waals surface area contributed by atoms with Gasteiger partial charge >= 0.3 is 0 Å². The molecule has 1 aliphatic heterocycles. The molecule has 1 heterocycles. The number of hydrogen-bond donors (Lipinski definition) is 2. The van der Waals surface area contributed by atoms with E-state index in [-0.39, 0.29) is 17.8 Å². The summed E-state index contributed by atoms with van der Waals surface area (Å²) in [5, 5.41) is 20.5. The molecule has 4 saturated carbocycles. The Morgan fingerprint density at radius 2 is 1.68 bits per heavy atom. The summed E-state index contributed by atoms with van der Waals surface area (Å²) < 4.78 is 12.1. The summed E-state index contributed by atoms with van der Waals surface area (Å²) in [7, 11) is 0. The van der Waals surface area contributed by atoms with Crippen molar-refractivity contribution in [3.8, 4) is 11.8 Å². The molecule has 0 aromatic heterocycles. The lowest BCUT2D eigenvalue weighted by atomic mass is 9.44. The number of ether oxygens (including phenoxy) is 2. The third-order valence-corrected chi connectivity index (χ3v) is 10.0. The van der Waals surface area contributed by atoms with Crippen LogP contribution in [0.5, 0.6) is 0 Å². The van der Waals surface area contributed by atoms with Crippen molar-refractivity contribution in [2.24, 2.45) is 34.5 Å². The quantitative estimate of drug-likeness (QED) is 0.624. The van der Waals surface area contributed by atoms with Gasteiger partial charge in [-0.25, -0.2) is 0 Å². The lowest BCUT2D eigenvalue weighted by Gasteiger charge is -2.62. The molecule has 2 N–H and O–H groups in total. The molecule has 0 amide bonds. The molecule has 7 atom stereocenters. The topological polar surface area (TPSA) is 58.9 Å². The van der Waals surface area contributed by atoms with Crippen molar-refractivity contribution in [3.63, 3.8) is 0 Å². The second-order valence-corrected chi connectivity index (χ2v) is 10.8. The molecule has 0 bridgehead atoms. The van der Waals surface area contributed by atoms with Crippen LogP contribution in [0.3, 0.4) is 0 Å². The first-order chi connectivity index (χ1) is 13.4. The fraction of sp³-hybridized carbons (Fsp3) is 0.917. The van der Waals surface area contributed by atoms with E-state index in [2.05, 4.69) is 25.7 Å². The minimum atomic E-state index is -0.925. The van der Waals surface area contributed by atoms with Crippen molar-refractivity contribution < 1.29 is 19.7 Å². The first-order valence-electron chi connectivity index (χ1n) is 11.5. The highest BCUT2D eigenvalue weighted by Crippen LogP contribution is 2.69. The molecule has 4 aliphatic carbocycles. The second-order valence-electron chi connectivity index (χ2n) is 10.8. The van der Waals surface area contributed by atoms with Gasteiger partial charge in [-0.15, -0.1) is 0 Å². The van der Waals surface area contributed by atoms with Gasteiger partial charge in [-0.3, -0.25) is 0 Å². The second kappa shape index (κ2) is 6.45. The summed E-state index contributed by atoms with van der Waals surface area (Å²) in [5.74, 6) is 8.24. The van der Waals surface area contributed by atoms with Crippen molar-refractivity contribution in [1.82, 2.24) is 0 Å². The predicted octanol–water partition coefficient (Wildman–Crippen LogP) is 3.50. The van der Waals surface area contributed by atoms with Gasteiger partial charge in [-0.2, -0.15) is 0 Å². The van der Waals surface area contributed by atoms with Gasteiger partial charge in [-0.05, 0) is 74.0 Å². The van der Waals surface area contributed by atoms with Crippen LogP contribution in [0.15, 0.2) is 0 Å². The molecule has 0 unspecified atom stereocenters. The molecule has 156 valence electrons. The number of rotatable bonds is 0. The maximum atomic E-state index is 11.4. The molecule has 0 aromatic rings. The summed E-state index contributed by atoms with van der Waals surface area (Å²) >= 11 is 0. The van der Waals surface area contributed by atoms with E-state index in [0.717, 1.165) is 51.2 Å². The van der Waals surface area contributed by atoms with Gasteiger partial charge in [0, 0.05) is 18.3 Å². The van der Waals surface area contributed by atoms with E-state index >= 15 is 0 Å². The Morgan fingerprint density at radius 1 is 0.929 bits per heavy atom. The zero-order valence-electron chi connectivity index (χ0n) is 17.5. The smallest absolute Gasteiger partial charge is 0.168 e. The number of hydrogen-bond acceptors (Lipinski definition) is 4. The van der Waals surface area contributed by atoms with Crippen LogP contribution in [-0.4, -0.2) is 41.4 Å². The lowest BCUT2D eigenvalue weighted by Crippen LogP contribution is -2.58. The maximum Gasteiger partial charge on any atom is 0.168 e. The molecule has 5 aliphatic rings. The van der Waals surface area contributed by atoms with Crippen molar-refractivity contribution in [2.45, 2.75) is 83.0 Å². The number of aliphatic hydroxyl groups excluding tert-OH is 1. The molecule has 1 saturated heterocycles. The fourth-order valence-corrected chi connectivity index (χ4v) is 8.36. The van der Waals surface area contributed by atoms with E-state index in [0.29, 0.717) is 23.2 Å². The fourth-order valence-electron chi connectivity index (χ4n) is 8.36. The Kier molecular flexibility index (Phi) is 4.46. The Balaban J connectivity index is 1.40. The van der Waals surface area contributed by atoms with E-state index in [4.69, 9.17) is 14.6 Å². The van der Waals surface area contributed by atoms with E-state index in [9.17, 15) is 5.11 Å². The Labute approximate surface area is 169 Å². The zero-order chi connectivity index (χ0) is 19.6. The highest BCUT2D eigenvalue weighted by molar-refractivity contribution is 5.26. The molecule has 0 radical (unpaired) electrons. The van der Waals surface area contributed by atoms with Gasteiger partial charge in [0.1, 0.15) is 12.2 Å². The third-order valence-electron chi connectivity index (χ3n) is 10.0. The summed E-state index contributed by atoms with van der Waals surface area (Å²) in [4.78, 5) is 0. The van der Waals surface area contributed by atoms with Gasteiger partial charge in [0.25, 0.3) is 0 Å². The third kappa shape index (κ3) is 2.52. The molecule has 5 rings (SSSR count). The highest BCUT2D eigenvalue weighted by atomic mass is 16.7. The molecule has 28 heavy (non-hydrogen) atoms. The Morgan fingerprint density at radius 3 is 2.43 bits per heavy atom. The molecule has 0 aromatic carbocycles. The van der Waals surface area contributed by atoms with Crippen molar-refractivity contribution in [3.05, 3.63) is 0 Å². The first-order valence-corrected chi connectivity index (χ1v) is 11.5. The van der Waals surface area contributed by atoms with E-state index in [1.165, 1.54) is 25.7 Å². The average Bonchev–Trinajstić information content (AvgIpc) is 3.24. The van der Waals surface area contributed by atoms with E-state index in [1.54, 1.807) is 0 Å². The molecule has 1 spiro atoms. The van der Waals surface area contributed by atoms with Crippen LogP contribution in [0, 0.1) is 46.3 Å². The number of aliphatic hydroxyl groups is 2. The molecule has 5 fully saturated rings. The minimum Gasteiger partial charge on any atom is -0.384 e. The lowest BCUT2D eigenvalue weighted by molar-refractivity contribution is -0.231. The standard InChI is InChI=1S/C24H36O4/c1-21-11-12-24(27-14-15-28-24)16-17(21)4-5-18-19(21)6-9-22(2)20(18)7-10-23(22,26)8-3-13-25/h17-20,25-26H,4-7,9-16H2,1-2H3/t17-,18+,19-,20-,21-,22-,23-/m0/s1. The van der Waals surface area contributed by atoms with E-state index < -0.39 is 5.60 Å². The molecular formula is C24H36O4. The molecule has 4 heteroatoms. The van der Waals surface area contributed by atoms with Crippen LogP contribution < -0.4 is 0 Å². The highest BCUT2D eigenvalue weighted by Gasteiger charge is 2.65. The van der Waals surface area contributed by atoms with Crippen molar-refractivity contribution in [1.29, 1.82) is 0 Å². The zero-order valence-corrected chi connectivity index (χ0v) is 17.5. The summed E-state index contributed by atoms with van der Waals surface area (Å²) in [6.07, 6.45) is 9.93. The number of fused-ring (bicyclic) bond motifs is 5. The molecule has 4 nitrogen and oxygen atoms in total. The monoisotopic (exact) mass is 388 g/mol. The van der Waals surface area contributed by atoms with Gasteiger partial charge in [0.05, 0.1) is 13.2 Å². The largest absolute Gasteiger partial charge is 0.384 e. The Hall–Kier alpha value is -0.600. The van der Waals surface area contributed by atoms with Gasteiger partial charge in [-0.1, -0.05) is 25.7 Å². The van der Waals surface area contributed by atoms with E-state index in [1.807, 2.05) is 0 Å². The van der Waals surface area contributed by atoms with Crippen molar-refractivity contribution in [2.75, 3.05) is 19.8 Å². The van der Waals surface area contributed by atoms with Crippen LogP contribution in [0.25, 0.3) is 0 Å². The summed E-state index contributed by atoms with van der Waals surface area (Å²) in [5.41, 5.74) is -0.680. The predicted molar refractivity (Wildman–Crippen MR) is 106 cm³/mol. The summed E-state index contributed by atoms with van der Waals surface area (Å²) in [6.45, 7) is 6.16. The van der Waals surface area contributed by atoms with Crippen LogP contribution in [-0.2, 0) is 9.47 Å². The van der Waals surface area contributed by atoms with Crippen LogP contribution in [0.4, 0.5) is 0 Å². The van der Waals surface area contributed by atoms with Crippen LogP contribution in [0.2, 0.25) is 0 Å². The normalized spacial score (nSPS) is 51.7. The van der Waals surface area contributed by atoms with Crippen LogP contribution in [0.1, 0.15) is 71.6 Å². The Bertz CT molecular complexity index is 688. The molecular weight excluding hydrogens is 352 g/mol. The SMILES string of the molecule is C[C@]12CCC3(C[C@@H]1CC[C@@H]1[C@@H]2CC[C@@]2(C)[C@H]1CC[C@@]2(O)C#CCO)OCCO3.